The lowest BCUT2D eigenvalue weighted by Crippen LogP contribution is -2.49. The van der Waals surface area contributed by atoms with Gasteiger partial charge in [0.1, 0.15) is 5.82 Å². The lowest BCUT2D eigenvalue weighted by molar-refractivity contribution is 0.0852. The van der Waals surface area contributed by atoms with Crippen LogP contribution in [0.3, 0.4) is 0 Å². The molecule has 1 saturated heterocycles. The second-order valence-corrected chi connectivity index (χ2v) is 13.4. The molecule has 0 bridgehead atoms. The standard InChI is InChI=1S/C24H29ClIN5O4S/c1-15-5-7-17(8-6-15)36(34,35)31-14-18(26)19-20(27-22(25)28-21(19)31)29-11-9-16(10-12-29)13-30(23(32)33)24(2,3)4/h5-8,14,16H,9-13H2,1-4H3,(H,32,33). The van der Waals surface area contributed by atoms with Crippen molar-refractivity contribution in [1.82, 2.24) is 18.8 Å². The van der Waals surface area contributed by atoms with Crippen molar-refractivity contribution in [3.8, 4) is 0 Å². The fraction of sp³-hybridized carbons (Fsp3) is 0.458. The summed E-state index contributed by atoms with van der Waals surface area (Å²) in [5.41, 5.74) is 0.727. The van der Waals surface area contributed by atoms with Crippen LogP contribution < -0.4 is 4.90 Å². The lowest BCUT2D eigenvalue weighted by atomic mass is 9.94. The molecule has 12 heteroatoms. The minimum Gasteiger partial charge on any atom is -0.465 e. The minimum absolute atomic E-state index is 0.0285. The van der Waals surface area contributed by atoms with Gasteiger partial charge in [-0.15, -0.1) is 0 Å². The quantitative estimate of drug-likeness (QED) is 0.299. The average molecular weight is 646 g/mol. The van der Waals surface area contributed by atoms with E-state index in [-0.39, 0.29) is 21.7 Å². The molecule has 0 unspecified atom stereocenters. The summed E-state index contributed by atoms with van der Waals surface area (Å²) in [6, 6.07) is 6.67. The molecule has 194 valence electrons. The maximum absolute atomic E-state index is 13.4. The van der Waals surface area contributed by atoms with Crippen LogP contribution in [0.25, 0.3) is 11.0 Å². The van der Waals surface area contributed by atoms with E-state index in [2.05, 4.69) is 37.5 Å². The summed E-state index contributed by atoms with van der Waals surface area (Å²) < 4.78 is 28.8. The number of hydrogen-bond acceptors (Lipinski definition) is 6. The van der Waals surface area contributed by atoms with E-state index < -0.39 is 21.7 Å². The first-order chi connectivity index (χ1) is 16.8. The van der Waals surface area contributed by atoms with E-state index in [0.717, 1.165) is 18.4 Å². The Hall–Kier alpha value is -2.12. The molecule has 3 heterocycles. The second kappa shape index (κ2) is 9.97. The fourth-order valence-electron chi connectivity index (χ4n) is 4.47. The minimum atomic E-state index is -3.89. The molecular weight excluding hydrogens is 617 g/mol. The van der Waals surface area contributed by atoms with E-state index in [1.165, 1.54) is 8.87 Å². The Kier molecular flexibility index (Phi) is 7.46. The molecule has 4 rings (SSSR count). The predicted octanol–water partition coefficient (Wildman–Crippen LogP) is 5.23. The number of halogens is 2. The Balaban J connectivity index is 1.64. The first kappa shape index (κ1) is 26.9. The largest absolute Gasteiger partial charge is 0.465 e. The molecule has 36 heavy (non-hydrogen) atoms. The summed E-state index contributed by atoms with van der Waals surface area (Å²) in [4.78, 5) is 24.3. The topological polar surface area (TPSA) is 109 Å². The lowest BCUT2D eigenvalue weighted by Gasteiger charge is -2.39. The summed E-state index contributed by atoms with van der Waals surface area (Å²) in [7, 11) is -3.89. The molecule has 1 amide bonds. The van der Waals surface area contributed by atoms with E-state index in [4.69, 9.17) is 11.6 Å². The summed E-state index contributed by atoms with van der Waals surface area (Å²) in [5, 5.41) is 10.3. The molecule has 1 aliphatic heterocycles. The number of piperidine rings is 1. The van der Waals surface area contributed by atoms with E-state index >= 15 is 0 Å². The van der Waals surface area contributed by atoms with Crippen LogP contribution in [0.4, 0.5) is 10.6 Å². The Morgan fingerprint density at radius 2 is 1.81 bits per heavy atom. The van der Waals surface area contributed by atoms with E-state index in [1.807, 2.05) is 27.7 Å². The highest BCUT2D eigenvalue weighted by Crippen LogP contribution is 2.35. The normalized spacial score (nSPS) is 15.4. The van der Waals surface area contributed by atoms with Crippen LogP contribution in [0.1, 0.15) is 39.2 Å². The van der Waals surface area contributed by atoms with E-state index in [1.54, 1.807) is 30.5 Å². The Bertz CT molecular complexity index is 1390. The molecule has 0 aliphatic carbocycles. The molecule has 0 saturated carbocycles. The van der Waals surface area contributed by atoms with E-state index in [9.17, 15) is 18.3 Å². The Labute approximate surface area is 229 Å². The smallest absolute Gasteiger partial charge is 0.407 e. The van der Waals surface area contributed by atoms with Crippen LogP contribution in [0.15, 0.2) is 35.4 Å². The van der Waals surface area contributed by atoms with Gasteiger partial charge in [-0.05, 0) is 92.8 Å². The highest BCUT2D eigenvalue weighted by atomic mass is 127. The number of hydrogen-bond donors (Lipinski definition) is 1. The monoisotopic (exact) mass is 645 g/mol. The van der Waals surface area contributed by atoms with Gasteiger partial charge in [-0.2, -0.15) is 9.97 Å². The maximum atomic E-state index is 13.4. The van der Waals surface area contributed by atoms with Crippen LogP contribution in [0.5, 0.6) is 0 Å². The van der Waals surface area contributed by atoms with E-state index in [0.29, 0.717) is 34.4 Å². The number of anilines is 1. The van der Waals surface area contributed by atoms with Gasteiger partial charge in [-0.1, -0.05) is 17.7 Å². The molecule has 0 atom stereocenters. The molecule has 3 aromatic rings. The zero-order valence-corrected chi connectivity index (χ0v) is 24.3. The zero-order chi connectivity index (χ0) is 26.4. The first-order valence-corrected chi connectivity index (χ1v) is 14.5. The summed E-state index contributed by atoms with van der Waals surface area (Å²) in [6.07, 6.45) is 2.19. The molecule has 1 N–H and O–H groups in total. The van der Waals surface area contributed by atoms with Crippen LogP contribution in [-0.4, -0.2) is 63.6 Å². The van der Waals surface area contributed by atoms with Crippen molar-refractivity contribution in [3.63, 3.8) is 0 Å². The number of carboxylic acid groups (broad SMARTS) is 1. The number of nitrogens with zero attached hydrogens (tertiary/aromatic N) is 5. The van der Waals surface area contributed by atoms with Gasteiger partial charge in [-0.3, -0.25) is 0 Å². The number of amides is 1. The van der Waals surface area contributed by atoms with Crippen LogP contribution in [0.2, 0.25) is 5.28 Å². The van der Waals surface area contributed by atoms with Crippen molar-refractivity contribution >= 4 is 67.2 Å². The third-order valence-electron chi connectivity index (χ3n) is 6.49. The number of rotatable bonds is 5. The SMILES string of the molecule is Cc1ccc(S(=O)(=O)n2cc(I)c3c(N4CCC(CN(C(=O)O)C(C)(C)C)CC4)nc(Cl)nc32)cc1. The summed E-state index contributed by atoms with van der Waals surface area (Å²) in [5.74, 6) is 0.812. The molecule has 9 nitrogen and oxygen atoms in total. The predicted molar refractivity (Wildman–Crippen MR) is 148 cm³/mol. The van der Waals surface area contributed by atoms with Crippen molar-refractivity contribution < 1.29 is 18.3 Å². The van der Waals surface area contributed by atoms with Gasteiger partial charge in [0.2, 0.25) is 5.28 Å². The number of fused-ring (bicyclic) bond motifs is 1. The van der Waals surface area contributed by atoms with Gasteiger partial charge in [-0.25, -0.2) is 17.2 Å². The molecule has 0 radical (unpaired) electrons. The summed E-state index contributed by atoms with van der Waals surface area (Å²) in [6.45, 7) is 9.35. The van der Waals surface area contributed by atoms with Crippen molar-refractivity contribution in [2.75, 3.05) is 24.5 Å². The molecule has 2 aromatic heterocycles. The van der Waals surface area contributed by atoms with Gasteiger partial charge in [0.25, 0.3) is 10.0 Å². The summed E-state index contributed by atoms with van der Waals surface area (Å²) >= 11 is 8.40. The zero-order valence-electron chi connectivity index (χ0n) is 20.6. The number of aromatic nitrogens is 3. The highest BCUT2D eigenvalue weighted by molar-refractivity contribution is 14.1. The third-order valence-corrected chi connectivity index (χ3v) is 9.15. The average Bonchev–Trinajstić information content (AvgIpc) is 3.13. The Morgan fingerprint density at radius 1 is 1.19 bits per heavy atom. The van der Waals surface area contributed by atoms with Crippen LogP contribution in [0, 0.1) is 16.4 Å². The van der Waals surface area contributed by atoms with Crippen molar-refractivity contribution in [3.05, 3.63) is 44.9 Å². The molecule has 1 aliphatic rings. The first-order valence-electron chi connectivity index (χ1n) is 11.6. The number of benzene rings is 1. The second-order valence-electron chi connectivity index (χ2n) is 10.1. The maximum Gasteiger partial charge on any atom is 0.407 e. The third kappa shape index (κ3) is 5.28. The van der Waals surface area contributed by atoms with Gasteiger partial charge < -0.3 is 14.9 Å². The van der Waals surface area contributed by atoms with Gasteiger partial charge in [0.05, 0.1) is 10.3 Å². The number of aryl methyl sites for hydroxylation is 1. The van der Waals surface area contributed by atoms with Crippen molar-refractivity contribution in [2.45, 2.75) is 51.0 Å². The molecule has 1 aromatic carbocycles. The molecule has 0 spiro atoms. The molecular formula is C24H29ClIN5O4S. The molecule has 1 fully saturated rings. The Morgan fingerprint density at radius 3 is 2.36 bits per heavy atom. The highest BCUT2D eigenvalue weighted by Gasteiger charge is 2.32. The van der Waals surface area contributed by atoms with Gasteiger partial charge in [0, 0.05) is 34.9 Å². The van der Waals surface area contributed by atoms with Gasteiger partial charge >= 0.3 is 6.09 Å². The number of carbonyl (C=O) groups is 1. The fourth-order valence-corrected chi connectivity index (χ4v) is 6.89. The van der Waals surface area contributed by atoms with Crippen LogP contribution >= 0.6 is 34.2 Å². The van der Waals surface area contributed by atoms with Crippen molar-refractivity contribution in [1.29, 1.82) is 0 Å². The van der Waals surface area contributed by atoms with Crippen LogP contribution in [-0.2, 0) is 10.0 Å². The van der Waals surface area contributed by atoms with Crippen molar-refractivity contribution in [2.24, 2.45) is 5.92 Å². The van der Waals surface area contributed by atoms with Gasteiger partial charge in [0.15, 0.2) is 5.65 Å².